The fourth-order valence-corrected chi connectivity index (χ4v) is 4.05. The van der Waals surface area contributed by atoms with Gasteiger partial charge in [-0.1, -0.05) is 58.4 Å². The van der Waals surface area contributed by atoms with Gasteiger partial charge in [0.2, 0.25) is 5.88 Å². The summed E-state index contributed by atoms with van der Waals surface area (Å²) in [4.78, 5) is 25.2. The number of hydrogen-bond acceptors (Lipinski definition) is 7. The highest BCUT2D eigenvalue weighted by molar-refractivity contribution is 5.94. The number of aryl methyl sites for hydroxylation is 1. The molecule has 0 aliphatic rings. The zero-order chi connectivity index (χ0) is 35.0. The zero-order valence-electron chi connectivity index (χ0n) is 27.3. The normalized spacial score (nSPS) is 11.5. The average Bonchev–Trinajstić information content (AvgIpc) is 3.40. The van der Waals surface area contributed by atoms with Gasteiger partial charge in [0, 0.05) is 17.3 Å². The predicted molar refractivity (Wildman–Crippen MR) is 169 cm³/mol. The molecule has 1 amide bonds. The maximum atomic E-state index is 13.9. The minimum absolute atomic E-state index is 0.0270. The number of aliphatic hydroxyl groups is 2. The summed E-state index contributed by atoms with van der Waals surface area (Å²) in [5.41, 5.74) is -0.296. The lowest BCUT2D eigenvalue weighted by Crippen LogP contribution is -2.32. The Morgan fingerprint density at radius 1 is 1.00 bits per heavy atom. The maximum Gasteiger partial charge on any atom is 0.420 e. The molecular weight excluding hydrogens is 589 g/mol. The lowest BCUT2D eigenvalue weighted by atomic mass is 10.0. The van der Waals surface area contributed by atoms with Gasteiger partial charge in [-0.15, -0.1) is 13.2 Å². The van der Waals surface area contributed by atoms with Crippen LogP contribution < -0.4 is 10.1 Å². The molecule has 2 aromatic heterocycles. The van der Waals surface area contributed by atoms with Gasteiger partial charge in [-0.05, 0) is 44.7 Å². The van der Waals surface area contributed by atoms with Gasteiger partial charge in [-0.2, -0.15) is 18.3 Å². The lowest BCUT2D eigenvalue weighted by molar-refractivity contribution is -0.139. The van der Waals surface area contributed by atoms with Crippen molar-refractivity contribution in [3.63, 3.8) is 0 Å². The molecule has 1 aromatic carbocycles. The summed E-state index contributed by atoms with van der Waals surface area (Å²) in [6, 6.07) is 6.75. The number of rotatable bonds is 9. The van der Waals surface area contributed by atoms with Crippen LogP contribution in [0.25, 0.3) is 0 Å². The van der Waals surface area contributed by atoms with Crippen LogP contribution in [0.15, 0.2) is 49.8 Å². The van der Waals surface area contributed by atoms with Crippen molar-refractivity contribution in [1.29, 1.82) is 0 Å². The Balaban J connectivity index is 0.00000256. The first-order chi connectivity index (χ1) is 21.3. The summed E-state index contributed by atoms with van der Waals surface area (Å²) in [6.45, 7) is 20.1. The molecule has 0 aliphatic heterocycles. The third kappa shape index (κ3) is 11.1. The summed E-state index contributed by atoms with van der Waals surface area (Å²) >= 11 is 0. The van der Waals surface area contributed by atoms with Crippen LogP contribution in [-0.2, 0) is 36.0 Å². The molecule has 250 valence electrons. The van der Waals surface area contributed by atoms with Crippen molar-refractivity contribution in [2.24, 2.45) is 0 Å². The standard InChI is InChI=1S/C27H33F3N4O4.C3H8.C2H4.CH2O/c1-6-16-8-10-17(11-9-16)20(15-36)32-24(37)23-19(7-2)25(34(33-23)26(3,4)5)38-21-13-31-12-18(14-35)22(21)27(28,29)30;1-3-2;2*1-2/h8-13,20,35-36H,6-7,14-15H2,1-5H3,(H,32,37);3H2,1-2H3;1-2H2;1H2. The largest absolute Gasteiger partial charge is 0.437 e. The first-order valence-corrected chi connectivity index (χ1v) is 14.5. The molecule has 0 radical (unpaired) electrons. The molecule has 9 nitrogen and oxygen atoms in total. The van der Waals surface area contributed by atoms with Crippen LogP contribution in [0.3, 0.4) is 0 Å². The van der Waals surface area contributed by atoms with Crippen molar-refractivity contribution in [2.75, 3.05) is 6.61 Å². The van der Waals surface area contributed by atoms with E-state index in [0.717, 1.165) is 24.4 Å². The number of halogens is 3. The van der Waals surface area contributed by atoms with Crippen LogP contribution in [0, 0.1) is 0 Å². The summed E-state index contributed by atoms with van der Waals surface area (Å²) < 4.78 is 48.9. The van der Waals surface area contributed by atoms with E-state index in [9.17, 15) is 28.2 Å². The van der Waals surface area contributed by atoms with Crippen molar-refractivity contribution in [3.05, 3.63) is 83.3 Å². The van der Waals surface area contributed by atoms with Crippen LogP contribution in [0.2, 0.25) is 0 Å². The molecular formula is C33H47F3N4O5. The van der Waals surface area contributed by atoms with E-state index in [4.69, 9.17) is 9.53 Å². The Bertz CT molecular complexity index is 1320. The van der Waals surface area contributed by atoms with Gasteiger partial charge in [0.15, 0.2) is 11.4 Å². The molecule has 3 rings (SSSR count). The summed E-state index contributed by atoms with van der Waals surface area (Å²) in [7, 11) is 0. The zero-order valence-corrected chi connectivity index (χ0v) is 27.3. The Labute approximate surface area is 264 Å². The second-order valence-corrected chi connectivity index (χ2v) is 10.5. The number of ether oxygens (including phenoxy) is 1. The molecule has 0 saturated carbocycles. The van der Waals surface area contributed by atoms with Gasteiger partial charge in [0.1, 0.15) is 12.4 Å². The summed E-state index contributed by atoms with van der Waals surface area (Å²) in [6.07, 6.45) is -0.660. The minimum atomic E-state index is -4.82. The van der Waals surface area contributed by atoms with Gasteiger partial charge in [0.25, 0.3) is 5.91 Å². The maximum absolute atomic E-state index is 13.9. The predicted octanol–water partition coefficient (Wildman–Crippen LogP) is 6.96. The number of nitrogens with one attached hydrogen (secondary N) is 1. The van der Waals surface area contributed by atoms with Crippen molar-refractivity contribution in [3.8, 4) is 11.6 Å². The molecule has 2 heterocycles. The molecule has 0 saturated heterocycles. The number of alkyl halides is 3. The van der Waals surface area contributed by atoms with Crippen molar-refractivity contribution in [1.82, 2.24) is 20.1 Å². The van der Waals surface area contributed by atoms with Gasteiger partial charge < -0.3 is 25.1 Å². The Kier molecular flexibility index (Phi) is 17.6. The lowest BCUT2D eigenvalue weighted by Gasteiger charge is -2.23. The SMILES string of the molecule is C=C.C=O.CCC.CCc1ccc(C(CO)NC(=O)c2nn(C(C)(C)C)c(Oc3cncc(CO)c3C(F)(F)F)c2CC)cc1. The number of hydrogen-bond donors (Lipinski definition) is 3. The third-order valence-electron chi connectivity index (χ3n) is 6.07. The quantitative estimate of drug-likeness (QED) is 0.217. The number of carbonyl (C=O) groups excluding carboxylic acids is 2. The smallest absolute Gasteiger partial charge is 0.420 e. The molecule has 45 heavy (non-hydrogen) atoms. The number of pyridine rings is 1. The van der Waals surface area contributed by atoms with Gasteiger partial charge in [-0.25, -0.2) is 4.68 Å². The van der Waals surface area contributed by atoms with E-state index in [2.05, 4.69) is 42.4 Å². The Morgan fingerprint density at radius 3 is 1.98 bits per heavy atom. The Hall–Kier alpha value is -4.03. The number of aromatic nitrogens is 3. The van der Waals surface area contributed by atoms with Gasteiger partial charge >= 0.3 is 6.18 Å². The highest BCUT2D eigenvalue weighted by Gasteiger charge is 2.39. The fraction of sp³-hybridized carbons (Fsp3) is 0.455. The van der Waals surface area contributed by atoms with E-state index in [1.165, 1.54) is 11.1 Å². The highest BCUT2D eigenvalue weighted by Crippen LogP contribution is 2.42. The van der Waals surface area contributed by atoms with E-state index in [-0.39, 0.29) is 30.2 Å². The van der Waals surface area contributed by atoms with Gasteiger partial charge in [0.05, 0.1) is 31.0 Å². The van der Waals surface area contributed by atoms with E-state index in [0.29, 0.717) is 5.56 Å². The molecule has 0 spiro atoms. The molecule has 3 aromatic rings. The van der Waals surface area contributed by atoms with Crippen LogP contribution in [-0.4, -0.2) is 44.3 Å². The van der Waals surface area contributed by atoms with E-state index < -0.39 is 47.1 Å². The number of nitrogens with zero attached hydrogens (tertiary/aromatic N) is 3. The summed E-state index contributed by atoms with van der Waals surface area (Å²) in [5, 5.41) is 26.7. The molecule has 0 bridgehead atoms. The second-order valence-electron chi connectivity index (χ2n) is 10.5. The van der Waals surface area contributed by atoms with Crippen LogP contribution in [0.1, 0.15) is 99.2 Å². The van der Waals surface area contributed by atoms with Gasteiger partial charge in [-0.3, -0.25) is 9.78 Å². The monoisotopic (exact) mass is 636 g/mol. The minimum Gasteiger partial charge on any atom is -0.437 e. The fourth-order valence-electron chi connectivity index (χ4n) is 4.05. The molecule has 3 N–H and O–H groups in total. The average molecular weight is 637 g/mol. The molecule has 1 atom stereocenters. The number of benzene rings is 1. The molecule has 1 unspecified atom stereocenters. The number of aliphatic hydroxyl groups excluding tert-OH is 2. The first kappa shape index (κ1) is 41.0. The van der Waals surface area contributed by atoms with E-state index >= 15 is 0 Å². The molecule has 12 heteroatoms. The van der Waals surface area contributed by atoms with E-state index in [1.54, 1.807) is 27.7 Å². The number of carbonyl (C=O) groups is 2. The van der Waals surface area contributed by atoms with E-state index in [1.807, 2.05) is 38.0 Å². The molecule has 0 aliphatic carbocycles. The van der Waals surface area contributed by atoms with Crippen molar-refractivity contribution < 1.29 is 37.7 Å². The first-order valence-electron chi connectivity index (χ1n) is 14.5. The topological polar surface area (TPSA) is 127 Å². The third-order valence-corrected chi connectivity index (χ3v) is 6.07. The summed E-state index contributed by atoms with van der Waals surface area (Å²) in [5.74, 6) is -1.26. The number of amides is 1. The van der Waals surface area contributed by atoms with Crippen LogP contribution in [0.4, 0.5) is 13.2 Å². The molecule has 0 fully saturated rings. The highest BCUT2D eigenvalue weighted by atomic mass is 19.4. The second kappa shape index (κ2) is 19.4. The van der Waals surface area contributed by atoms with Crippen LogP contribution in [0.5, 0.6) is 11.6 Å². The Morgan fingerprint density at radius 2 is 1.56 bits per heavy atom. The van der Waals surface area contributed by atoms with Crippen molar-refractivity contribution >= 4 is 12.7 Å². The van der Waals surface area contributed by atoms with Crippen LogP contribution >= 0.6 is 0 Å². The van der Waals surface area contributed by atoms with Crippen molar-refractivity contribution in [2.45, 2.75) is 92.1 Å².